The van der Waals surface area contributed by atoms with Gasteiger partial charge in [0.15, 0.2) is 0 Å². The number of ether oxygens (including phenoxy) is 2. The smallest absolute Gasteiger partial charge is 0.339 e. The van der Waals surface area contributed by atoms with Crippen LogP contribution in [0.3, 0.4) is 0 Å². The summed E-state index contributed by atoms with van der Waals surface area (Å²) in [6, 6.07) is 0. The minimum Gasteiger partial charge on any atom is -0.455 e. The molecule has 2 heterocycles. The summed E-state index contributed by atoms with van der Waals surface area (Å²) in [5.41, 5.74) is 0.709. The number of carbonyl (C=O) groups excluding carboxylic acids is 2. The highest BCUT2D eigenvalue weighted by atomic mass is 16.6. The van der Waals surface area contributed by atoms with Gasteiger partial charge in [0.1, 0.15) is 12.2 Å². The first-order valence-electron chi connectivity index (χ1n) is 5.51. The Balaban J connectivity index is 2.25. The van der Waals surface area contributed by atoms with Crippen molar-refractivity contribution in [1.82, 2.24) is 0 Å². The Bertz CT molecular complexity index is 354. The van der Waals surface area contributed by atoms with Crippen molar-refractivity contribution in [3.63, 3.8) is 0 Å². The normalized spacial score (nSPS) is 28.6. The lowest BCUT2D eigenvalue weighted by molar-refractivity contribution is -0.142. The molecule has 0 radical (unpaired) electrons. The van der Waals surface area contributed by atoms with Gasteiger partial charge in [0, 0.05) is 0 Å². The Morgan fingerprint density at radius 2 is 1.31 bits per heavy atom. The van der Waals surface area contributed by atoms with E-state index < -0.39 is 11.9 Å². The van der Waals surface area contributed by atoms with E-state index in [1.54, 1.807) is 12.2 Å². The van der Waals surface area contributed by atoms with Crippen LogP contribution in [-0.4, -0.2) is 24.1 Å². The molecule has 0 saturated heterocycles. The summed E-state index contributed by atoms with van der Waals surface area (Å²) in [4.78, 5) is 23.1. The second-order valence-corrected chi connectivity index (χ2v) is 3.86. The number of hydrogen-bond donors (Lipinski definition) is 0. The van der Waals surface area contributed by atoms with Crippen molar-refractivity contribution in [3.05, 3.63) is 23.3 Å². The van der Waals surface area contributed by atoms with Crippen LogP contribution in [0.4, 0.5) is 0 Å². The SMILES string of the molecule is CC[C@H]1C=C(C2=C[C@@H](CC)OC2=O)C(=O)O1. The quantitative estimate of drug-likeness (QED) is 0.679. The average molecular weight is 222 g/mol. The molecule has 0 fully saturated rings. The molecule has 2 rings (SSSR count). The van der Waals surface area contributed by atoms with Crippen LogP contribution in [0.25, 0.3) is 0 Å². The van der Waals surface area contributed by atoms with Gasteiger partial charge in [-0.05, 0) is 25.0 Å². The van der Waals surface area contributed by atoms with Crippen molar-refractivity contribution in [2.24, 2.45) is 0 Å². The standard InChI is InChI=1S/C12H14O4/c1-3-7-5-9(11(13)15-7)10-6-8(4-2)16-12(10)14/h5-8H,3-4H2,1-2H3/t7-,8+. The van der Waals surface area contributed by atoms with Gasteiger partial charge in [0.25, 0.3) is 0 Å². The lowest BCUT2D eigenvalue weighted by Gasteiger charge is -2.02. The maximum atomic E-state index is 11.5. The van der Waals surface area contributed by atoms with Gasteiger partial charge in [-0.1, -0.05) is 13.8 Å². The minimum atomic E-state index is -0.424. The van der Waals surface area contributed by atoms with Crippen molar-refractivity contribution >= 4 is 11.9 Å². The number of rotatable bonds is 3. The summed E-state index contributed by atoms with van der Waals surface area (Å²) >= 11 is 0. The predicted molar refractivity (Wildman–Crippen MR) is 56.5 cm³/mol. The predicted octanol–water partition coefficient (Wildman–Crippen LogP) is 1.51. The van der Waals surface area contributed by atoms with Gasteiger partial charge in [0.2, 0.25) is 0 Å². The Labute approximate surface area is 93.9 Å². The molecule has 0 saturated carbocycles. The van der Waals surface area contributed by atoms with Crippen molar-refractivity contribution in [2.45, 2.75) is 38.9 Å². The Morgan fingerprint density at radius 1 is 0.938 bits per heavy atom. The number of carbonyl (C=O) groups is 2. The monoisotopic (exact) mass is 222 g/mol. The molecule has 86 valence electrons. The molecule has 0 N–H and O–H groups in total. The second kappa shape index (κ2) is 4.12. The number of esters is 2. The van der Waals surface area contributed by atoms with E-state index in [2.05, 4.69) is 0 Å². The van der Waals surface area contributed by atoms with E-state index in [0.29, 0.717) is 11.1 Å². The molecule has 16 heavy (non-hydrogen) atoms. The first kappa shape index (κ1) is 10.9. The first-order chi connectivity index (χ1) is 7.65. The molecule has 4 nitrogen and oxygen atoms in total. The van der Waals surface area contributed by atoms with E-state index in [-0.39, 0.29) is 12.2 Å². The zero-order valence-corrected chi connectivity index (χ0v) is 9.36. The molecule has 0 aliphatic carbocycles. The molecule has 2 atom stereocenters. The van der Waals surface area contributed by atoms with Crippen LogP contribution in [0.1, 0.15) is 26.7 Å². The van der Waals surface area contributed by atoms with Crippen LogP contribution < -0.4 is 0 Å². The molecular formula is C12H14O4. The highest BCUT2D eigenvalue weighted by molar-refractivity contribution is 6.09. The molecule has 2 aliphatic rings. The number of hydrogen-bond acceptors (Lipinski definition) is 4. The fraction of sp³-hybridized carbons (Fsp3) is 0.500. The highest BCUT2D eigenvalue weighted by Gasteiger charge is 2.35. The molecule has 0 bridgehead atoms. The van der Waals surface area contributed by atoms with Gasteiger partial charge >= 0.3 is 11.9 Å². The first-order valence-corrected chi connectivity index (χ1v) is 5.51. The third-order valence-corrected chi connectivity index (χ3v) is 2.76. The van der Waals surface area contributed by atoms with Crippen molar-refractivity contribution in [3.8, 4) is 0 Å². The summed E-state index contributed by atoms with van der Waals surface area (Å²) in [6.07, 6.45) is 4.42. The zero-order valence-electron chi connectivity index (χ0n) is 9.36. The van der Waals surface area contributed by atoms with Crippen LogP contribution in [-0.2, 0) is 19.1 Å². The lowest BCUT2D eigenvalue weighted by atomic mass is 10.1. The van der Waals surface area contributed by atoms with Crippen LogP contribution >= 0.6 is 0 Å². The fourth-order valence-corrected chi connectivity index (χ4v) is 1.78. The Morgan fingerprint density at radius 3 is 1.56 bits per heavy atom. The fourth-order valence-electron chi connectivity index (χ4n) is 1.78. The molecule has 0 aromatic carbocycles. The average Bonchev–Trinajstić information content (AvgIpc) is 2.81. The maximum absolute atomic E-state index is 11.5. The van der Waals surface area contributed by atoms with E-state index in [9.17, 15) is 9.59 Å². The van der Waals surface area contributed by atoms with Crippen LogP contribution in [0.5, 0.6) is 0 Å². The van der Waals surface area contributed by atoms with E-state index in [1.165, 1.54) is 0 Å². The van der Waals surface area contributed by atoms with Crippen molar-refractivity contribution in [1.29, 1.82) is 0 Å². The maximum Gasteiger partial charge on any atom is 0.339 e. The second-order valence-electron chi connectivity index (χ2n) is 3.86. The summed E-state index contributed by atoms with van der Waals surface area (Å²) in [5.74, 6) is -0.849. The summed E-state index contributed by atoms with van der Waals surface area (Å²) in [6.45, 7) is 3.85. The van der Waals surface area contributed by atoms with Gasteiger partial charge in [0.05, 0.1) is 11.1 Å². The van der Waals surface area contributed by atoms with E-state index in [0.717, 1.165) is 12.8 Å². The van der Waals surface area contributed by atoms with Crippen molar-refractivity contribution in [2.75, 3.05) is 0 Å². The summed E-state index contributed by atoms with van der Waals surface area (Å²) in [7, 11) is 0. The van der Waals surface area contributed by atoms with Crippen LogP contribution in [0.15, 0.2) is 23.3 Å². The highest BCUT2D eigenvalue weighted by Crippen LogP contribution is 2.28. The van der Waals surface area contributed by atoms with Crippen molar-refractivity contribution < 1.29 is 19.1 Å². The molecular weight excluding hydrogens is 208 g/mol. The minimum absolute atomic E-state index is 0.211. The molecule has 2 aliphatic heterocycles. The number of cyclic esters (lactones) is 2. The molecule has 0 aromatic heterocycles. The van der Waals surface area contributed by atoms with E-state index in [1.807, 2.05) is 13.8 Å². The third kappa shape index (κ3) is 1.75. The molecule has 0 amide bonds. The van der Waals surface area contributed by atoms with Gasteiger partial charge < -0.3 is 9.47 Å². The molecule has 4 heteroatoms. The molecule has 0 spiro atoms. The van der Waals surface area contributed by atoms with Gasteiger partial charge in [-0.2, -0.15) is 0 Å². The third-order valence-electron chi connectivity index (χ3n) is 2.76. The largest absolute Gasteiger partial charge is 0.455 e. The topological polar surface area (TPSA) is 52.6 Å². The zero-order chi connectivity index (χ0) is 11.7. The molecule has 0 unspecified atom stereocenters. The van der Waals surface area contributed by atoms with Crippen LogP contribution in [0, 0.1) is 0 Å². The van der Waals surface area contributed by atoms with Crippen LogP contribution in [0.2, 0.25) is 0 Å². The van der Waals surface area contributed by atoms with E-state index >= 15 is 0 Å². The van der Waals surface area contributed by atoms with Gasteiger partial charge in [-0.25, -0.2) is 9.59 Å². The summed E-state index contributed by atoms with van der Waals surface area (Å²) in [5, 5.41) is 0. The Hall–Kier alpha value is -1.58. The Kier molecular flexibility index (Phi) is 2.81. The van der Waals surface area contributed by atoms with E-state index in [4.69, 9.17) is 9.47 Å². The summed E-state index contributed by atoms with van der Waals surface area (Å²) < 4.78 is 10.1. The van der Waals surface area contributed by atoms with Gasteiger partial charge in [-0.3, -0.25) is 0 Å². The molecule has 0 aromatic rings. The van der Waals surface area contributed by atoms with Gasteiger partial charge in [-0.15, -0.1) is 0 Å². The lowest BCUT2D eigenvalue weighted by Crippen LogP contribution is -2.10.